The van der Waals surface area contributed by atoms with E-state index >= 15 is 0 Å². The molecule has 0 saturated carbocycles. The maximum Gasteiger partial charge on any atom is 0.416 e. The summed E-state index contributed by atoms with van der Waals surface area (Å²) >= 11 is 0. The van der Waals surface area contributed by atoms with Gasteiger partial charge >= 0.3 is 55.4 Å². The van der Waals surface area contributed by atoms with E-state index in [1.165, 1.54) is 17.9 Å². The van der Waals surface area contributed by atoms with Crippen LogP contribution in [-0.2, 0) is 60.7 Å². The minimum Gasteiger partial charge on any atom is -0.465 e. The van der Waals surface area contributed by atoms with Crippen LogP contribution in [0.25, 0.3) is 10.8 Å². The van der Waals surface area contributed by atoms with Crippen LogP contribution in [0.5, 0.6) is 0 Å². The minimum absolute atomic E-state index is 0.299. The highest BCUT2D eigenvalue weighted by Gasteiger charge is 2.47. The molecule has 28 heteroatoms. The standard InChI is InChI=1S/C32H12BF24.C18H16NO2/c34-25(35,36)13-1-14(26(37,38)39)6-21(5-13)33(22-7-15(27(40,41)42)2-16(8-22)28(43,44)45,23-9-17(29(46,47)48)3-18(10-23)30(49,50)51)24-11-19(31(52,53)54)4-20(12-24)32(55,56)57;1-21-18(20)17-9-5-4-8-16(17)13-19-11-10-14-6-2-3-7-15(14)12-19/h1-12H;2-12H,13H2,1H3/q-1;+1. The Bertz CT molecular complexity index is 2910. The van der Waals surface area contributed by atoms with Crippen LogP contribution in [0.4, 0.5) is 105 Å². The van der Waals surface area contributed by atoms with Crippen LogP contribution in [0.15, 0.2) is 140 Å². The quantitative estimate of drug-likeness (QED) is 0.0689. The molecule has 0 atom stereocenters. The van der Waals surface area contributed by atoms with Gasteiger partial charge in [-0.2, -0.15) is 127 Å². The molecule has 3 nitrogen and oxygen atoms in total. The Morgan fingerprint density at radius 2 is 0.654 bits per heavy atom. The molecule has 1 aromatic heterocycles. The normalized spacial score (nSPS) is 13.3. The van der Waals surface area contributed by atoms with Gasteiger partial charge in [0.25, 0.3) is 0 Å². The third kappa shape index (κ3) is 13.3. The van der Waals surface area contributed by atoms with E-state index in [4.69, 9.17) is 4.74 Å². The Morgan fingerprint density at radius 1 is 0.385 bits per heavy atom. The van der Waals surface area contributed by atoms with E-state index in [1.54, 1.807) is 6.07 Å². The molecule has 7 aromatic rings. The van der Waals surface area contributed by atoms with Gasteiger partial charge in [0.15, 0.2) is 18.9 Å². The summed E-state index contributed by atoms with van der Waals surface area (Å²) in [6, 6.07) is 9.02. The van der Waals surface area contributed by atoms with Gasteiger partial charge in [-0.15, -0.1) is 0 Å². The largest absolute Gasteiger partial charge is 0.465 e. The smallest absolute Gasteiger partial charge is 0.416 e. The Hall–Kier alpha value is -7.42. The van der Waals surface area contributed by atoms with Crippen molar-refractivity contribution in [2.24, 2.45) is 0 Å². The summed E-state index contributed by atoms with van der Waals surface area (Å²) in [5.74, 6) is -0.299. The maximum absolute atomic E-state index is 14.2. The molecule has 416 valence electrons. The zero-order valence-electron chi connectivity index (χ0n) is 38.4. The molecule has 0 amide bonds. The third-order valence-corrected chi connectivity index (χ3v) is 12.0. The number of halogens is 24. The van der Waals surface area contributed by atoms with Crippen LogP contribution < -0.4 is 26.4 Å². The average molecular weight is 1140 g/mol. The molecule has 0 bridgehead atoms. The van der Waals surface area contributed by atoms with Crippen LogP contribution in [0.1, 0.15) is 60.4 Å². The van der Waals surface area contributed by atoms with Crippen molar-refractivity contribution in [2.75, 3.05) is 7.11 Å². The highest BCUT2D eigenvalue weighted by Crippen LogP contribution is 2.41. The summed E-state index contributed by atoms with van der Waals surface area (Å²) in [5, 5.41) is 2.38. The van der Waals surface area contributed by atoms with E-state index in [1.807, 2.05) is 36.5 Å². The summed E-state index contributed by atoms with van der Waals surface area (Å²) in [7, 11) is 1.41. The second kappa shape index (κ2) is 20.8. The van der Waals surface area contributed by atoms with Crippen LogP contribution in [0.3, 0.4) is 0 Å². The van der Waals surface area contributed by atoms with E-state index in [9.17, 15) is 110 Å². The van der Waals surface area contributed by atoms with Gasteiger partial charge in [-0.05, 0) is 41.8 Å². The minimum atomic E-state index is -6.13. The summed E-state index contributed by atoms with van der Waals surface area (Å²) in [4.78, 5) is 11.8. The molecule has 7 rings (SSSR count). The van der Waals surface area contributed by atoms with E-state index in [2.05, 4.69) is 29.0 Å². The molecule has 0 aliphatic heterocycles. The van der Waals surface area contributed by atoms with Gasteiger partial charge < -0.3 is 4.74 Å². The number of aromatic nitrogens is 1. The van der Waals surface area contributed by atoms with Gasteiger partial charge in [-0.1, -0.05) is 84.9 Å². The summed E-state index contributed by atoms with van der Waals surface area (Å²) in [5.41, 5.74) is -28.6. The number of ether oxygens (including phenoxy) is 1. The third-order valence-electron chi connectivity index (χ3n) is 12.0. The molecule has 0 aliphatic rings. The second-order valence-electron chi connectivity index (χ2n) is 17.1. The molecular weight excluding hydrogens is 1110 g/mol. The van der Waals surface area contributed by atoms with Crippen LogP contribution in [0.2, 0.25) is 0 Å². The Balaban J connectivity index is 0.000000387. The number of rotatable bonds is 7. The number of alkyl halides is 24. The highest BCUT2D eigenvalue weighted by atomic mass is 19.4. The molecule has 0 N–H and O–H groups in total. The average Bonchev–Trinajstić information content (AvgIpc) is 3.32. The lowest BCUT2D eigenvalue weighted by atomic mass is 9.12. The second-order valence-corrected chi connectivity index (χ2v) is 17.1. The van der Waals surface area contributed by atoms with Crippen molar-refractivity contribution >= 4 is 44.7 Å². The molecule has 0 saturated heterocycles. The number of hydrogen-bond acceptors (Lipinski definition) is 2. The number of fused-ring (bicyclic) bond motifs is 1. The lowest BCUT2D eigenvalue weighted by molar-refractivity contribution is -0.687. The zero-order valence-corrected chi connectivity index (χ0v) is 38.4. The van der Waals surface area contributed by atoms with Crippen LogP contribution >= 0.6 is 0 Å². The van der Waals surface area contributed by atoms with Crippen molar-refractivity contribution in [3.05, 3.63) is 195 Å². The van der Waals surface area contributed by atoms with Crippen molar-refractivity contribution < 1.29 is 119 Å². The first-order chi connectivity index (χ1) is 35.5. The number of methoxy groups -OCH3 is 1. The summed E-state index contributed by atoms with van der Waals surface area (Å²) in [6.07, 6.45) is -50.7. The molecule has 0 fully saturated rings. The molecule has 0 aliphatic carbocycles. The molecule has 6 aromatic carbocycles. The van der Waals surface area contributed by atoms with Crippen molar-refractivity contribution in [1.82, 2.24) is 0 Å². The van der Waals surface area contributed by atoms with Gasteiger partial charge in [0.1, 0.15) is 6.15 Å². The molecule has 0 unspecified atom stereocenters. The van der Waals surface area contributed by atoms with E-state index in [0.29, 0.717) is 12.1 Å². The van der Waals surface area contributed by atoms with Crippen LogP contribution in [0, 0.1) is 0 Å². The SMILES string of the molecule is COC(=O)c1ccccc1C[n+]1ccc2ccccc2c1.FC(F)(F)c1cc([B-](c2cc(C(F)(F)F)cc(C(F)(F)F)c2)(c2cc(C(F)(F)F)cc(C(F)(F)F)c2)c2cc(C(F)(F)F)cc(C(F)(F)F)c2)cc(C(F)(F)F)c1. The topological polar surface area (TPSA) is 30.2 Å². The number of carbonyl (C=O) groups excluding carboxylic acids is 1. The van der Waals surface area contributed by atoms with Crippen molar-refractivity contribution in [3.63, 3.8) is 0 Å². The lowest BCUT2D eigenvalue weighted by Crippen LogP contribution is -2.75. The Morgan fingerprint density at radius 3 is 0.936 bits per heavy atom. The predicted molar refractivity (Wildman–Crippen MR) is 231 cm³/mol. The molecule has 1 heterocycles. The molecule has 78 heavy (non-hydrogen) atoms. The monoisotopic (exact) mass is 1140 g/mol. The van der Waals surface area contributed by atoms with Gasteiger partial charge in [0.05, 0.1) is 57.2 Å². The molecule has 0 spiro atoms. The maximum atomic E-state index is 14.2. The summed E-state index contributed by atoms with van der Waals surface area (Å²) < 4.78 is 348. The molecular formula is C50H28BF24NO2. The summed E-state index contributed by atoms with van der Waals surface area (Å²) in [6.45, 7) is 0.635. The van der Waals surface area contributed by atoms with Gasteiger partial charge in [-0.3, -0.25) is 0 Å². The number of nitrogens with zero attached hydrogens (tertiary/aromatic N) is 1. The highest BCUT2D eigenvalue weighted by molar-refractivity contribution is 7.20. The Kier molecular flexibility index (Phi) is 15.9. The molecule has 0 radical (unpaired) electrons. The van der Waals surface area contributed by atoms with E-state index in [0.717, 1.165) is 5.56 Å². The lowest BCUT2D eigenvalue weighted by Gasteiger charge is -2.46. The first kappa shape index (κ1) is 59.8. The fourth-order valence-electron chi connectivity index (χ4n) is 8.51. The first-order valence-corrected chi connectivity index (χ1v) is 21.4. The van der Waals surface area contributed by atoms with E-state index < -0.39 is 195 Å². The van der Waals surface area contributed by atoms with Crippen molar-refractivity contribution in [3.8, 4) is 0 Å². The number of pyridine rings is 1. The first-order valence-electron chi connectivity index (χ1n) is 21.4. The zero-order chi connectivity index (χ0) is 58.6. The van der Waals surface area contributed by atoms with Gasteiger partial charge in [-0.25, -0.2) is 9.36 Å². The fraction of sp³-hybridized carbons (Fsp3) is 0.200. The van der Waals surface area contributed by atoms with Crippen molar-refractivity contribution in [1.29, 1.82) is 0 Å². The van der Waals surface area contributed by atoms with Gasteiger partial charge in [0.2, 0.25) is 0 Å². The predicted octanol–water partition coefficient (Wildman–Crippen LogP) is 14.2. The number of benzene rings is 6. The van der Waals surface area contributed by atoms with Gasteiger partial charge in [0, 0.05) is 17.0 Å². The van der Waals surface area contributed by atoms with Crippen molar-refractivity contribution in [2.45, 2.75) is 56.0 Å². The number of esters is 1. The van der Waals surface area contributed by atoms with Crippen LogP contribution in [-0.4, -0.2) is 19.2 Å². The Labute approximate surface area is 422 Å². The fourth-order valence-corrected chi connectivity index (χ4v) is 8.51. The number of hydrogen-bond donors (Lipinski definition) is 0. The number of carbonyl (C=O) groups is 1. The van der Waals surface area contributed by atoms with E-state index in [-0.39, 0.29) is 5.97 Å².